The molecule has 0 spiro atoms. The monoisotopic (exact) mass is 272 g/mol. The van der Waals surface area contributed by atoms with Gasteiger partial charge in [-0.3, -0.25) is 4.79 Å². The third kappa shape index (κ3) is 4.01. The number of carboxylic acids is 1. The van der Waals surface area contributed by atoms with Crippen molar-refractivity contribution in [2.45, 2.75) is 24.5 Å². The fraction of sp³-hybridized carbons (Fsp3) is 0.364. The number of carboxylic acid groups (broad SMARTS) is 1. The van der Waals surface area contributed by atoms with E-state index in [9.17, 15) is 4.79 Å². The predicted octanol–water partition coefficient (Wildman–Crippen LogP) is 2.44. The summed E-state index contributed by atoms with van der Waals surface area (Å²) in [6.45, 7) is 2.16. The largest absolute Gasteiger partial charge is 0.480 e. The van der Waals surface area contributed by atoms with E-state index < -0.39 is 10.8 Å². The summed E-state index contributed by atoms with van der Waals surface area (Å²) >= 11 is 3.06. The number of hydrogen-bond acceptors (Lipinski definition) is 2. The van der Waals surface area contributed by atoms with Crippen molar-refractivity contribution in [3.05, 3.63) is 35.9 Å². The first-order valence-corrected chi connectivity index (χ1v) is 5.55. The number of carbonyl (C=O) groups is 1. The van der Waals surface area contributed by atoms with Gasteiger partial charge in [-0.05, 0) is 12.5 Å². The molecule has 1 rings (SSSR count). The molecule has 2 atom stereocenters. The van der Waals surface area contributed by atoms with E-state index >= 15 is 0 Å². The molecule has 1 N–H and O–H groups in total. The lowest BCUT2D eigenvalue weighted by molar-refractivity contribution is -0.139. The van der Waals surface area contributed by atoms with Gasteiger partial charge in [-0.25, -0.2) is 0 Å². The van der Waals surface area contributed by atoms with Crippen molar-refractivity contribution in [3.8, 4) is 0 Å². The highest BCUT2D eigenvalue weighted by molar-refractivity contribution is 9.10. The fourth-order valence-electron chi connectivity index (χ4n) is 1.09. The van der Waals surface area contributed by atoms with Crippen molar-refractivity contribution >= 4 is 21.9 Å². The minimum Gasteiger partial charge on any atom is -0.480 e. The highest BCUT2D eigenvalue weighted by Crippen LogP contribution is 2.12. The number of hydrogen-bond donors (Lipinski definition) is 1. The second-order valence-corrected chi connectivity index (χ2v) is 4.23. The van der Waals surface area contributed by atoms with Crippen molar-refractivity contribution < 1.29 is 14.6 Å². The summed E-state index contributed by atoms with van der Waals surface area (Å²) in [6, 6.07) is 9.66. The van der Waals surface area contributed by atoms with E-state index in [1.807, 2.05) is 30.3 Å². The minimum atomic E-state index is -0.907. The standard InChI is InChI=1S/C11H13BrO3/c1-8(10(12)11(13)14)15-7-9-5-3-2-4-6-9/h2-6,8,10H,7H2,1H3,(H,13,14). The Kier molecular flexibility index (Phi) is 4.78. The van der Waals surface area contributed by atoms with Crippen molar-refractivity contribution in [3.63, 3.8) is 0 Å². The van der Waals surface area contributed by atoms with Crippen LogP contribution in [0.3, 0.4) is 0 Å². The van der Waals surface area contributed by atoms with Crippen LogP contribution < -0.4 is 0 Å². The number of alkyl halides is 1. The number of ether oxygens (including phenoxy) is 1. The van der Waals surface area contributed by atoms with Crippen LogP contribution in [-0.2, 0) is 16.1 Å². The summed E-state index contributed by atoms with van der Waals surface area (Å²) < 4.78 is 5.42. The molecule has 0 radical (unpaired) electrons. The van der Waals surface area contributed by atoms with E-state index in [4.69, 9.17) is 9.84 Å². The van der Waals surface area contributed by atoms with Gasteiger partial charge < -0.3 is 9.84 Å². The van der Waals surface area contributed by atoms with Crippen molar-refractivity contribution in [2.75, 3.05) is 0 Å². The topological polar surface area (TPSA) is 46.5 Å². The maximum atomic E-state index is 10.6. The average molecular weight is 273 g/mol. The van der Waals surface area contributed by atoms with Crippen molar-refractivity contribution in [1.29, 1.82) is 0 Å². The van der Waals surface area contributed by atoms with Crippen LogP contribution in [0.5, 0.6) is 0 Å². The van der Waals surface area contributed by atoms with Crippen LogP contribution in [0.1, 0.15) is 12.5 Å². The Bertz CT molecular complexity index is 313. The minimum absolute atomic E-state index is 0.359. The summed E-state index contributed by atoms with van der Waals surface area (Å²) in [5.41, 5.74) is 1.04. The van der Waals surface area contributed by atoms with E-state index in [1.54, 1.807) is 6.92 Å². The molecule has 0 aliphatic rings. The fourth-order valence-corrected chi connectivity index (χ4v) is 1.24. The van der Waals surface area contributed by atoms with E-state index in [2.05, 4.69) is 15.9 Å². The van der Waals surface area contributed by atoms with Gasteiger partial charge in [0, 0.05) is 0 Å². The molecule has 1 aromatic carbocycles. The quantitative estimate of drug-likeness (QED) is 0.838. The summed E-state index contributed by atoms with van der Waals surface area (Å²) in [4.78, 5) is 9.96. The van der Waals surface area contributed by atoms with Gasteiger partial charge in [0.2, 0.25) is 0 Å². The molecule has 0 saturated heterocycles. The number of halogens is 1. The molecular weight excluding hydrogens is 260 g/mol. The SMILES string of the molecule is CC(OCc1ccccc1)C(Br)C(=O)O. The smallest absolute Gasteiger partial charge is 0.319 e. The van der Waals surface area contributed by atoms with Crippen LogP contribution in [-0.4, -0.2) is 22.0 Å². The Labute approximate surface area is 97.2 Å². The Morgan fingerprint density at radius 2 is 2.07 bits per heavy atom. The highest BCUT2D eigenvalue weighted by Gasteiger charge is 2.21. The molecule has 0 aromatic heterocycles. The Morgan fingerprint density at radius 1 is 1.47 bits per heavy atom. The first kappa shape index (κ1) is 12.2. The van der Waals surface area contributed by atoms with Crippen LogP contribution in [0, 0.1) is 0 Å². The molecule has 0 amide bonds. The van der Waals surface area contributed by atoms with Crippen LogP contribution in [0.25, 0.3) is 0 Å². The first-order chi connectivity index (χ1) is 7.11. The molecular formula is C11H13BrO3. The van der Waals surface area contributed by atoms with Gasteiger partial charge in [0.15, 0.2) is 0 Å². The van der Waals surface area contributed by atoms with Crippen LogP contribution >= 0.6 is 15.9 Å². The van der Waals surface area contributed by atoms with Gasteiger partial charge in [0.05, 0.1) is 12.7 Å². The van der Waals surface area contributed by atoms with Gasteiger partial charge in [0.25, 0.3) is 0 Å². The third-order valence-electron chi connectivity index (χ3n) is 2.00. The molecule has 0 aliphatic heterocycles. The molecule has 15 heavy (non-hydrogen) atoms. The van der Waals surface area contributed by atoms with Gasteiger partial charge in [-0.2, -0.15) is 0 Å². The lowest BCUT2D eigenvalue weighted by Crippen LogP contribution is -2.28. The van der Waals surface area contributed by atoms with Crippen molar-refractivity contribution in [2.24, 2.45) is 0 Å². The molecule has 0 aliphatic carbocycles. The number of aliphatic carboxylic acids is 1. The molecule has 2 unspecified atom stereocenters. The maximum Gasteiger partial charge on any atom is 0.319 e. The van der Waals surface area contributed by atoms with Gasteiger partial charge in [-0.15, -0.1) is 0 Å². The van der Waals surface area contributed by atoms with Crippen LogP contribution in [0.4, 0.5) is 0 Å². The molecule has 0 fully saturated rings. The zero-order valence-electron chi connectivity index (χ0n) is 8.39. The summed E-state index contributed by atoms with van der Waals surface area (Å²) in [7, 11) is 0. The lowest BCUT2D eigenvalue weighted by atomic mass is 10.2. The normalized spacial score (nSPS) is 14.5. The molecule has 3 nitrogen and oxygen atoms in total. The van der Waals surface area contributed by atoms with Crippen LogP contribution in [0.2, 0.25) is 0 Å². The van der Waals surface area contributed by atoms with Gasteiger partial charge in [0.1, 0.15) is 4.83 Å². The van der Waals surface area contributed by atoms with Gasteiger partial charge >= 0.3 is 5.97 Å². The third-order valence-corrected chi connectivity index (χ3v) is 3.14. The summed E-state index contributed by atoms with van der Waals surface area (Å²) in [6.07, 6.45) is -0.359. The first-order valence-electron chi connectivity index (χ1n) is 4.63. The maximum absolute atomic E-state index is 10.6. The molecule has 0 heterocycles. The molecule has 4 heteroatoms. The number of benzene rings is 1. The second-order valence-electron chi connectivity index (χ2n) is 3.24. The average Bonchev–Trinajstić information content (AvgIpc) is 2.26. The molecule has 0 saturated carbocycles. The molecule has 82 valence electrons. The van der Waals surface area contributed by atoms with E-state index in [0.29, 0.717) is 6.61 Å². The van der Waals surface area contributed by atoms with Gasteiger partial charge in [-0.1, -0.05) is 46.3 Å². The summed E-state index contributed by atoms with van der Waals surface area (Å²) in [5.74, 6) is -0.907. The van der Waals surface area contributed by atoms with Crippen molar-refractivity contribution in [1.82, 2.24) is 0 Å². The highest BCUT2D eigenvalue weighted by atomic mass is 79.9. The number of rotatable bonds is 5. The molecule has 1 aromatic rings. The molecule has 0 bridgehead atoms. The van der Waals surface area contributed by atoms with E-state index in [1.165, 1.54) is 0 Å². The summed E-state index contributed by atoms with van der Waals surface area (Å²) in [5, 5.41) is 8.72. The Balaban J connectivity index is 2.41. The Morgan fingerprint density at radius 3 is 2.60 bits per heavy atom. The van der Waals surface area contributed by atoms with E-state index in [0.717, 1.165) is 5.56 Å². The van der Waals surface area contributed by atoms with E-state index in [-0.39, 0.29) is 6.10 Å². The van der Waals surface area contributed by atoms with Crippen LogP contribution in [0.15, 0.2) is 30.3 Å². The second kappa shape index (κ2) is 5.88. The predicted molar refractivity (Wildman–Crippen MR) is 61.0 cm³/mol. The Hall–Kier alpha value is -0.870. The zero-order chi connectivity index (χ0) is 11.3. The zero-order valence-corrected chi connectivity index (χ0v) is 9.98. The lowest BCUT2D eigenvalue weighted by Gasteiger charge is -2.15.